The Balaban J connectivity index is 3.30. The molecule has 0 amide bonds. The van der Waals surface area contributed by atoms with E-state index in [2.05, 4.69) is 0 Å². The highest BCUT2D eigenvalue weighted by Gasteiger charge is 2.24. The molecule has 0 aliphatic heterocycles. The van der Waals surface area contributed by atoms with Gasteiger partial charge in [0.25, 0.3) is 0 Å². The number of hydrogen-bond donors (Lipinski definition) is 1. The minimum Gasteiger partial charge on any atom is -0.478 e. The Hall–Kier alpha value is -1.56. The summed E-state index contributed by atoms with van der Waals surface area (Å²) < 4.78 is 25.3. The quantitative estimate of drug-likeness (QED) is 0.858. The Kier molecular flexibility index (Phi) is 4.72. The predicted molar refractivity (Wildman–Crippen MR) is 70.5 cm³/mol. The molecule has 6 heteroatoms. The van der Waals surface area contributed by atoms with Crippen LogP contribution in [0.1, 0.15) is 30.6 Å². The fraction of sp³-hybridized carbons (Fsp3) is 0.417. The predicted octanol–water partition coefficient (Wildman–Crippen LogP) is 1.95. The van der Waals surface area contributed by atoms with Gasteiger partial charge in [-0.3, -0.25) is 4.31 Å². The van der Waals surface area contributed by atoms with Crippen molar-refractivity contribution >= 4 is 21.7 Å². The van der Waals surface area contributed by atoms with Gasteiger partial charge >= 0.3 is 5.97 Å². The average Bonchev–Trinajstić information content (AvgIpc) is 2.29. The van der Waals surface area contributed by atoms with Crippen LogP contribution in [0.4, 0.5) is 5.69 Å². The van der Waals surface area contributed by atoms with Crippen LogP contribution in [0.3, 0.4) is 0 Å². The van der Waals surface area contributed by atoms with Gasteiger partial charge in [0, 0.05) is 6.54 Å². The van der Waals surface area contributed by atoms with Crippen LogP contribution in [0, 0.1) is 0 Å². The summed E-state index contributed by atoms with van der Waals surface area (Å²) >= 11 is 0. The molecule has 0 atom stereocenters. The number of carboxylic acid groups (broad SMARTS) is 1. The number of carboxylic acids is 1. The smallest absolute Gasteiger partial charge is 0.337 e. The summed E-state index contributed by atoms with van der Waals surface area (Å²) in [6.07, 6.45) is 0.494. The zero-order chi connectivity index (χ0) is 13.8. The molecule has 18 heavy (non-hydrogen) atoms. The third-order valence-electron chi connectivity index (χ3n) is 2.49. The molecule has 1 N–H and O–H groups in total. The molecule has 1 aromatic carbocycles. The van der Waals surface area contributed by atoms with Crippen molar-refractivity contribution in [1.29, 1.82) is 0 Å². The molecule has 1 rings (SSSR count). The molecule has 0 aromatic heterocycles. The van der Waals surface area contributed by atoms with Crippen LogP contribution in [-0.4, -0.2) is 31.8 Å². The van der Waals surface area contributed by atoms with E-state index >= 15 is 0 Å². The van der Waals surface area contributed by atoms with Crippen LogP contribution in [0.15, 0.2) is 24.3 Å². The first-order valence-corrected chi connectivity index (χ1v) is 7.37. The van der Waals surface area contributed by atoms with Gasteiger partial charge in [-0.1, -0.05) is 19.1 Å². The van der Waals surface area contributed by atoms with Gasteiger partial charge in [-0.05, 0) is 25.5 Å². The Labute approximate surface area is 107 Å². The number of aromatic carboxylic acids is 1. The highest BCUT2D eigenvalue weighted by Crippen LogP contribution is 2.23. The van der Waals surface area contributed by atoms with Crippen molar-refractivity contribution in [2.75, 3.05) is 16.6 Å². The molecule has 0 aliphatic carbocycles. The van der Waals surface area contributed by atoms with Gasteiger partial charge in [0.1, 0.15) is 0 Å². The van der Waals surface area contributed by atoms with Gasteiger partial charge in [0.15, 0.2) is 0 Å². The molecule has 0 radical (unpaired) electrons. The first kappa shape index (κ1) is 14.5. The molecular formula is C12H17NO4S. The number of rotatable bonds is 6. The number of anilines is 1. The monoisotopic (exact) mass is 271 g/mol. The van der Waals surface area contributed by atoms with E-state index in [1.54, 1.807) is 26.0 Å². The second kappa shape index (κ2) is 5.86. The molecule has 5 nitrogen and oxygen atoms in total. The number of nitrogens with zero attached hydrogens (tertiary/aromatic N) is 1. The van der Waals surface area contributed by atoms with E-state index in [0.717, 1.165) is 4.31 Å². The third kappa shape index (κ3) is 3.01. The van der Waals surface area contributed by atoms with E-state index in [-0.39, 0.29) is 23.5 Å². The molecule has 0 unspecified atom stereocenters. The molecule has 0 bridgehead atoms. The average molecular weight is 271 g/mol. The Morgan fingerprint density at radius 1 is 1.28 bits per heavy atom. The molecule has 1 aromatic rings. The van der Waals surface area contributed by atoms with E-state index in [1.165, 1.54) is 12.1 Å². The van der Waals surface area contributed by atoms with Crippen molar-refractivity contribution in [3.8, 4) is 0 Å². The summed E-state index contributed by atoms with van der Waals surface area (Å²) in [7, 11) is -3.46. The van der Waals surface area contributed by atoms with Crippen molar-refractivity contribution in [2.45, 2.75) is 20.3 Å². The fourth-order valence-electron chi connectivity index (χ4n) is 1.76. The maximum Gasteiger partial charge on any atom is 0.337 e. The van der Waals surface area contributed by atoms with Gasteiger partial charge in [-0.15, -0.1) is 0 Å². The maximum atomic E-state index is 12.1. The molecule has 0 fully saturated rings. The Morgan fingerprint density at radius 3 is 2.39 bits per heavy atom. The van der Waals surface area contributed by atoms with Crippen LogP contribution < -0.4 is 4.31 Å². The van der Waals surface area contributed by atoms with Crippen molar-refractivity contribution in [3.05, 3.63) is 29.8 Å². The molecule has 0 saturated heterocycles. The van der Waals surface area contributed by atoms with Gasteiger partial charge in [0.2, 0.25) is 10.0 Å². The fourth-order valence-corrected chi connectivity index (χ4v) is 3.35. The largest absolute Gasteiger partial charge is 0.478 e. The summed E-state index contributed by atoms with van der Waals surface area (Å²) in [6.45, 7) is 3.67. The van der Waals surface area contributed by atoms with Crippen LogP contribution >= 0.6 is 0 Å². The van der Waals surface area contributed by atoms with Crippen LogP contribution in [0.25, 0.3) is 0 Å². The normalized spacial score (nSPS) is 11.2. The van der Waals surface area contributed by atoms with Crippen LogP contribution in [0.5, 0.6) is 0 Å². The number of para-hydroxylation sites is 1. The number of sulfonamides is 1. The lowest BCUT2D eigenvalue weighted by atomic mass is 10.2. The van der Waals surface area contributed by atoms with Crippen molar-refractivity contribution in [1.82, 2.24) is 0 Å². The maximum absolute atomic E-state index is 12.1. The van der Waals surface area contributed by atoms with Gasteiger partial charge < -0.3 is 5.11 Å². The van der Waals surface area contributed by atoms with Crippen molar-refractivity contribution < 1.29 is 18.3 Å². The third-order valence-corrected chi connectivity index (χ3v) is 4.54. The SMILES string of the molecule is CCCS(=O)(=O)N(CC)c1ccccc1C(=O)O. The number of carbonyl (C=O) groups is 1. The van der Waals surface area contributed by atoms with E-state index in [9.17, 15) is 13.2 Å². The highest BCUT2D eigenvalue weighted by atomic mass is 32.2. The lowest BCUT2D eigenvalue weighted by Crippen LogP contribution is -2.33. The van der Waals surface area contributed by atoms with E-state index < -0.39 is 16.0 Å². The minimum absolute atomic E-state index is 0.000900. The molecule has 0 heterocycles. The van der Waals surface area contributed by atoms with Gasteiger partial charge in [0.05, 0.1) is 17.0 Å². The first-order chi connectivity index (χ1) is 8.44. The first-order valence-electron chi connectivity index (χ1n) is 5.76. The van der Waals surface area contributed by atoms with E-state index in [0.29, 0.717) is 6.42 Å². The molecule has 100 valence electrons. The van der Waals surface area contributed by atoms with Gasteiger partial charge in [-0.2, -0.15) is 0 Å². The zero-order valence-corrected chi connectivity index (χ0v) is 11.3. The van der Waals surface area contributed by atoms with Crippen molar-refractivity contribution in [2.24, 2.45) is 0 Å². The number of hydrogen-bond acceptors (Lipinski definition) is 3. The van der Waals surface area contributed by atoms with Crippen LogP contribution in [-0.2, 0) is 10.0 Å². The molecule has 0 spiro atoms. The molecule has 0 saturated carbocycles. The van der Waals surface area contributed by atoms with Crippen LogP contribution in [0.2, 0.25) is 0 Å². The Morgan fingerprint density at radius 2 is 1.89 bits per heavy atom. The second-order valence-electron chi connectivity index (χ2n) is 3.80. The zero-order valence-electron chi connectivity index (χ0n) is 10.5. The molecule has 0 aliphatic rings. The lowest BCUT2D eigenvalue weighted by Gasteiger charge is -2.24. The summed E-state index contributed by atoms with van der Waals surface area (Å²) in [4.78, 5) is 11.1. The number of benzene rings is 1. The summed E-state index contributed by atoms with van der Waals surface area (Å²) in [6, 6.07) is 6.13. The van der Waals surface area contributed by atoms with E-state index in [1.807, 2.05) is 0 Å². The minimum atomic E-state index is -3.46. The summed E-state index contributed by atoms with van der Waals surface area (Å²) in [5, 5.41) is 9.08. The standard InChI is InChI=1S/C12H17NO4S/c1-3-9-18(16,17)13(4-2)11-8-6-5-7-10(11)12(14)15/h5-8H,3-4,9H2,1-2H3,(H,14,15). The molecular weight excluding hydrogens is 254 g/mol. The Bertz CT molecular complexity index is 525. The topological polar surface area (TPSA) is 74.7 Å². The van der Waals surface area contributed by atoms with E-state index in [4.69, 9.17) is 5.11 Å². The summed E-state index contributed by atoms with van der Waals surface area (Å²) in [5.74, 6) is -1.12. The highest BCUT2D eigenvalue weighted by molar-refractivity contribution is 7.92. The summed E-state index contributed by atoms with van der Waals surface area (Å²) in [5.41, 5.74) is 0.222. The van der Waals surface area contributed by atoms with Crippen molar-refractivity contribution in [3.63, 3.8) is 0 Å². The van der Waals surface area contributed by atoms with Gasteiger partial charge in [-0.25, -0.2) is 13.2 Å². The second-order valence-corrected chi connectivity index (χ2v) is 5.82. The lowest BCUT2D eigenvalue weighted by molar-refractivity contribution is 0.0698.